The Labute approximate surface area is 116 Å². The summed E-state index contributed by atoms with van der Waals surface area (Å²) in [6.07, 6.45) is 0. The predicted molar refractivity (Wildman–Crippen MR) is 67.9 cm³/mol. The van der Waals surface area contributed by atoms with Gasteiger partial charge in [0.1, 0.15) is 5.02 Å². The highest BCUT2D eigenvalue weighted by molar-refractivity contribution is 7.99. The molecule has 19 heavy (non-hydrogen) atoms. The molecule has 2 rings (SSSR count). The minimum atomic E-state index is -1.20. The Morgan fingerprint density at radius 3 is 2.68 bits per heavy atom. The maximum Gasteiger partial charge on any atom is 0.371 e. The topological polar surface area (TPSA) is 93.6 Å². The molecular formula is C11H6ClNO5S. The van der Waals surface area contributed by atoms with Gasteiger partial charge >= 0.3 is 11.7 Å². The molecule has 0 saturated carbocycles. The first-order chi connectivity index (χ1) is 8.99. The second-order valence-electron chi connectivity index (χ2n) is 3.37. The molecular weight excluding hydrogens is 294 g/mol. The van der Waals surface area contributed by atoms with Gasteiger partial charge < -0.3 is 9.52 Å². The van der Waals surface area contributed by atoms with E-state index in [2.05, 4.69) is 0 Å². The molecule has 98 valence electrons. The van der Waals surface area contributed by atoms with Crippen molar-refractivity contribution < 1.29 is 19.2 Å². The monoisotopic (exact) mass is 299 g/mol. The van der Waals surface area contributed by atoms with Crippen LogP contribution in [0.4, 0.5) is 5.69 Å². The standard InChI is InChI=1S/C11H6ClNO5S/c12-6-2-1-3-8(10(6)13(16)17)19-9-5-4-7(18-9)11(14)15/h1-5H,(H,14,15). The van der Waals surface area contributed by atoms with Crippen LogP contribution in [0.3, 0.4) is 0 Å². The normalized spacial score (nSPS) is 10.4. The maximum absolute atomic E-state index is 10.9. The van der Waals surface area contributed by atoms with Crippen molar-refractivity contribution >= 4 is 35.0 Å². The second-order valence-corrected chi connectivity index (χ2v) is 4.82. The molecule has 6 nitrogen and oxygen atoms in total. The number of carboxylic acids is 1. The Bertz CT molecular complexity index is 654. The molecule has 0 aliphatic carbocycles. The lowest BCUT2D eigenvalue weighted by Gasteiger charge is -2.01. The molecule has 0 amide bonds. The number of nitrogens with zero attached hydrogens (tertiary/aromatic N) is 1. The molecule has 0 spiro atoms. The molecule has 0 radical (unpaired) electrons. The number of halogens is 1. The second kappa shape index (κ2) is 5.33. The van der Waals surface area contributed by atoms with Gasteiger partial charge in [0.05, 0.1) is 9.82 Å². The Kier molecular flexibility index (Phi) is 3.77. The van der Waals surface area contributed by atoms with E-state index in [1.807, 2.05) is 0 Å². The summed E-state index contributed by atoms with van der Waals surface area (Å²) >= 11 is 6.71. The van der Waals surface area contributed by atoms with Crippen LogP contribution < -0.4 is 0 Å². The maximum atomic E-state index is 10.9. The summed E-state index contributed by atoms with van der Waals surface area (Å²) in [5, 5.41) is 19.9. The summed E-state index contributed by atoms with van der Waals surface area (Å²) in [6, 6.07) is 7.20. The first-order valence-corrected chi connectivity index (χ1v) is 6.12. The molecule has 1 heterocycles. The molecule has 2 aromatic rings. The van der Waals surface area contributed by atoms with E-state index < -0.39 is 10.9 Å². The van der Waals surface area contributed by atoms with Crippen molar-refractivity contribution in [2.75, 3.05) is 0 Å². The van der Waals surface area contributed by atoms with E-state index in [9.17, 15) is 14.9 Å². The van der Waals surface area contributed by atoms with Gasteiger partial charge in [-0.05, 0) is 36.0 Å². The van der Waals surface area contributed by atoms with Crippen molar-refractivity contribution in [3.63, 3.8) is 0 Å². The summed E-state index contributed by atoms with van der Waals surface area (Å²) in [5.74, 6) is -1.43. The zero-order chi connectivity index (χ0) is 14.0. The summed E-state index contributed by atoms with van der Waals surface area (Å²) in [6.45, 7) is 0. The summed E-state index contributed by atoms with van der Waals surface area (Å²) in [4.78, 5) is 21.3. The highest BCUT2D eigenvalue weighted by Crippen LogP contribution is 2.39. The quantitative estimate of drug-likeness (QED) is 0.683. The van der Waals surface area contributed by atoms with Crippen LogP contribution in [0, 0.1) is 10.1 Å². The first-order valence-electron chi connectivity index (χ1n) is 4.93. The summed E-state index contributed by atoms with van der Waals surface area (Å²) in [5.41, 5.74) is -0.234. The first kappa shape index (κ1) is 13.4. The smallest absolute Gasteiger partial charge is 0.371 e. The lowest BCUT2D eigenvalue weighted by Crippen LogP contribution is -1.92. The minimum absolute atomic E-state index is 0.0139. The highest BCUT2D eigenvalue weighted by atomic mass is 35.5. The lowest BCUT2D eigenvalue weighted by molar-refractivity contribution is -0.387. The minimum Gasteiger partial charge on any atom is -0.475 e. The Morgan fingerprint density at radius 1 is 1.37 bits per heavy atom. The van der Waals surface area contributed by atoms with Crippen LogP contribution in [-0.4, -0.2) is 16.0 Å². The number of nitro groups is 1. The van der Waals surface area contributed by atoms with Gasteiger partial charge in [0.25, 0.3) is 0 Å². The van der Waals surface area contributed by atoms with Gasteiger partial charge in [-0.25, -0.2) is 4.79 Å². The van der Waals surface area contributed by atoms with Crippen LogP contribution in [0.25, 0.3) is 0 Å². The zero-order valence-corrected chi connectivity index (χ0v) is 10.8. The zero-order valence-electron chi connectivity index (χ0n) is 9.20. The van der Waals surface area contributed by atoms with E-state index in [1.54, 1.807) is 6.07 Å². The number of hydrogen-bond donors (Lipinski definition) is 1. The third kappa shape index (κ3) is 2.88. The van der Waals surface area contributed by atoms with E-state index >= 15 is 0 Å². The fraction of sp³-hybridized carbons (Fsp3) is 0. The molecule has 0 atom stereocenters. The van der Waals surface area contributed by atoms with Crippen molar-refractivity contribution in [3.05, 3.63) is 51.2 Å². The average Bonchev–Trinajstić information content (AvgIpc) is 2.77. The van der Waals surface area contributed by atoms with Crippen molar-refractivity contribution in [3.8, 4) is 0 Å². The molecule has 1 aromatic carbocycles. The van der Waals surface area contributed by atoms with Crippen LogP contribution in [0.2, 0.25) is 5.02 Å². The molecule has 1 aromatic heterocycles. The number of rotatable bonds is 4. The number of nitro benzene ring substituents is 1. The number of para-hydroxylation sites is 1. The van der Waals surface area contributed by atoms with Crippen LogP contribution in [0.15, 0.2) is 44.7 Å². The van der Waals surface area contributed by atoms with Crippen molar-refractivity contribution in [2.24, 2.45) is 0 Å². The molecule has 0 bridgehead atoms. The van der Waals surface area contributed by atoms with Crippen molar-refractivity contribution in [2.45, 2.75) is 9.99 Å². The van der Waals surface area contributed by atoms with E-state index in [0.29, 0.717) is 0 Å². The van der Waals surface area contributed by atoms with Gasteiger partial charge in [-0.3, -0.25) is 10.1 Å². The summed E-state index contributed by atoms with van der Waals surface area (Å²) < 4.78 is 5.02. The Balaban J connectivity index is 2.35. The number of carbonyl (C=O) groups is 1. The molecule has 0 fully saturated rings. The molecule has 0 aliphatic heterocycles. The average molecular weight is 300 g/mol. The van der Waals surface area contributed by atoms with Crippen LogP contribution in [0.5, 0.6) is 0 Å². The van der Waals surface area contributed by atoms with E-state index in [-0.39, 0.29) is 26.5 Å². The number of aromatic carboxylic acids is 1. The summed E-state index contributed by atoms with van der Waals surface area (Å²) in [7, 11) is 0. The van der Waals surface area contributed by atoms with Gasteiger partial charge in [0.15, 0.2) is 5.09 Å². The van der Waals surface area contributed by atoms with Crippen molar-refractivity contribution in [1.29, 1.82) is 0 Å². The van der Waals surface area contributed by atoms with Gasteiger partial charge in [0, 0.05) is 0 Å². The third-order valence-electron chi connectivity index (χ3n) is 2.14. The fourth-order valence-corrected chi connectivity index (χ4v) is 2.57. The van der Waals surface area contributed by atoms with Crippen LogP contribution in [-0.2, 0) is 0 Å². The van der Waals surface area contributed by atoms with Crippen LogP contribution >= 0.6 is 23.4 Å². The fourth-order valence-electron chi connectivity index (χ4n) is 1.35. The molecule has 0 aliphatic rings. The molecule has 8 heteroatoms. The number of carboxylic acid groups (broad SMARTS) is 1. The van der Waals surface area contributed by atoms with Gasteiger partial charge in [0.2, 0.25) is 5.76 Å². The lowest BCUT2D eigenvalue weighted by atomic mass is 10.3. The van der Waals surface area contributed by atoms with E-state index in [1.165, 1.54) is 24.3 Å². The highest BCUT2D eigenvalue weighted by Gasteiger charge is 2.20. The van der Waals surface area contributed by atoms with Crippen molar-refractivity contribution in [1.82, 2.24) is 0 Å². The molecule has 1 N–H and O–H groups in total. The van der Waals surface area contributed by atoms with Crippen LogP contribution in [0.1, 0.15) is 10.6 Å². The SMILES string of the molecule is O=C(O)c1ccc(Sc2cccc(Cl)c2[N+](=O)[O-])o1. The molecule has 0 saturated heterocycles. The predicted octanol–water partition coefficient (Wildman–Crippen LogP) is 3.69. The Morgan fingerprint density at radius 2 is 2.11 bits per heavy atom. The number of furan rings is 1. The largest absolute Gasteiger partial charge is 0.475 e. The van der Waals surface area contributed by atoms with Gasteiger partial charge in [-0.1, -0.05) is 17.7 Å². The van der Waals surface area contributed by atoms with Gasteiger partial charge in [-0.15, -0.1) is 0 Å². The van der Waals surface area contributed by atoms with Gasteiger partial charge in [-0.2, -0.15) is 0 Å². The number of benzene rings is 1. The third-order valence-corrected chi connectivity index (χ3v) is 3.41. The Hall–Kier alpha value is -1.99. The number of hydrogen-bond acceptors (Lipinski definition) is 5. The molecule has 0 unspecified atom stereocenters. The van der Waals surface area contributed by atoms with E-state index in [4.69, 9.17) is 21.1 Å². The van der Waals surface area contributed by atoms with E-state index in [0.717, 1.165) is 11.8 Å².